The Morgan fingerprint density at radius 2 is 2.05 bits per heavy atom. The lowest BCUT2D eigenvalue weighted by molar-refractivity contribution is 0.439. The van der Waals surface area contributed by atoms with Crippen LogP contribution in [0.4, 0.5) is 0 Å². The Hall–Kier alpha value is -2.40. The van der Waals surface area contributed by atoms with E-state index in [2.05, 4.69) is 34.6 Å². The molecule has 5 nitrogen and oxygen atoms in total. The molecule has 0 aliphatic rings. The van der Waals surface area contributed by atoms with Crippen LogP contribution in [0, 0.1) is 0 Å². The molecule has 2 heterocycles. The molecule has 21 heavy (non-hydrogen) atoms. The van der Waals surface area contributed by atoms with Gasteiger partial charge < -0.3 is 8.98 Å². The average molecular weight is 282 g/mol. The van der Waals surface area contributed by atoms with Crippen LogP contribution < -0.4 is 5.32 Å². The van der Waals surface area contributed by atoms with Gasteiger partial charge in [-0.25, -0.2) is 0 Å². The van der Waals surface area contributed by atoms with E-state index in [-0.39, 0.29) is 6.04 Å². The number of hydrogen-bond acceptors (Lipinski definition) is 4. The van der Waals surface area contributed by atoms with Gasteiger partial charge in [0.25, 0.3) is 0 Å². The predicted molar refractivity (Wildman–Crippen MR) is 79.5 cm³/mol. The standard InChI is InChI=1S/C16H18N4O/c1-2-20-12-18-19-15(20)11-17-16(14-9-6-10-21-14)13-7-4-3-5-8-13/h3-10,12,16-17H,2,11H2,1H3. The van der Waals surface area contributed by atoms with E-state index < -0.39 is 0 Å². The lowest BCUT2D eigenvalue weighted by Crippen LogP contribution is -2.23. The predicted octanol–water partition coefficient (Wildman–Crippen LogP) is 2.77. The SMILES string of the molecule is CCn1cnnc1CNC(c1ccccc1)c1ccco1. The van der Waals surface area contributed by atoms with Crippen molar-refractivity contribution in [1.29, 1.82) is 0 Å². The third kappa shape index (κ3) is 3.03. The second kappa shape index (κ2) is 6.37. The molecule has 0 radical (unpaired) electrons. The van der Waals surface area contributed by atoms with Crippen LogP contribution in [0.1, 0.15) is 30.1 Å². The number of nitrogens with one attached hydrogen (secondary N) is 1. The number of benzene rings is 1. The molecule has 1 aromatic carbocycles. The normalized spacial score (nSPS) is 12.4. The molecule has 0 saturated heterocycles. The molecule has 0 fully saturated rings. The van der Waals surface area contributed by atoms with E-state index in [4.69, 9.17) is 4.42 Å². The zero-order valence-electron chi connectivity index (χ0n) is 11.9. The van der Waals surface area contributed by atoms with Gasteiger partial charge in [0.15, 0.2) is 0 Å². The minimum absolute atomic E-state index is 0.00297. The van der Waals surface area contributed by atoms with Crippen LogP contribution in [0.25, 0.3) is 0 Å². The Balaban J connectivity index is 1.80. The number of nitrogens with zero attached hydrogens (tertiary/aromatic N) is 3. The summed E-state index contributed by atoms with van der Waals surface area (Å²) < 4.78 is 7.60. The summed E-state index contributed by atoms with van der Waals surface area (Å²) in [6.07, 6.45) is 3.45. The Morgan fingerprint density at radius 1 is 1.19 bits per heavy atom. The largest absolute Gasteiger partial charge is 0.467 e. The average Bonchev–Trinajstić information content (AvgIpc) is 3.20. The van der Waals surface area contributed by atoms with Gasteiger partial charge in [0.2, 0.25) is 0 Å². The van der Waals surface area contributed by atoms with Crippen molar-refractivity contribution in [3.63, 3.8) is 0 Å². The van der Waals surface area contributed by atoms with Crippen molar-refractivity contribution < 1.29 is 4.42 Å². The number of aromatic nitrogens is 3. The highest BCUT2D eigenvalue weighted by Crippen LogP contribution is 2.22. The van der Waals surface area contributed by atoms with Crippen LogP contribution >= 0.6 is 0 Å². The summed E-state index contributed by atoms with van der Waals surface area (Å²) in [6.45, 7) is 3.57. The molecule has 1 atom stereocenters. The van der Waals surface area contributed by atoms with Crippen molar-refractivity contribution in [2.24, 2.45) is 0 Å². The fraction of sp³-hybridized carbons (Fsp3) is 0.250. The summed E-state index contributed by atoms with van der Waals surface area (Å²) in [5, 5.41) is 11.6. The lowest BCUT2D eigenvalue weighted by atomic mass is 10.0. The smallest absolute Gasteiger partial charge is 0.146 e. The zero-order chi connectivity index (χ0) is 14.5. The molecule has 1 unspecified atom stereocenters. The molecule has 0 bridgehead atoms. The van der Waals surface area contributed by atoms with Crippen molar-refractivity contribution in [3.05, 3.63) is 72.2 Å². The third-order valence-electron chi connectivity index (χ3n) is 3.46. The Morgan fingerprint density at radius 3 is 2.76 bits per heavy atom. The maximum atomic E-state index is 5.57. The van der Waals surface area contributed by atoms with Gasteiger partial charge in [0, 0.05) is 6.54 Å². The van der Waals surface area contributed by atoms with E-state index >= 15 is 0 Å². The van der Waals surface area contributed by atoms with Crippen LogP contribution in [0.2, 0.25) is 0 Å². The molecular formula is C16H18N4O. The molecule has 1 N–H and O–H groups in total. The number of hydrogen-bond donors (Lipinski definition) is 1. The second-order valence-electron chi connectivity index (χ2n) is 4.77. The number of furan rings is 1. The summed E-state index contributed by atoms with van der Waals surface area (Å²) >= 11 is 0. The summed E-state index contributed by atoms with van der Waals surface area (Å²) in [4.78, 5) is 0. The first-order valence-electron chi connectivity index (χ1n) is 7.07. The number of rotatable bonds is 6. The highest BCUT2D eigenvalue weighted by atomic mass is 16.3. The quantitative estimate of drug-likeness (QED) is 0.755. The molecule has 0 aliphatic heterocycles. The van der Waals surface area contributed by atoms with Crippen molar-refractivity contribution in [1.82, 2.24) is 20.1 Å². The number of aryl methyl sites for hydroxylation is 1. The molecule has 5 heteroatoms. The van der Waals surface area contributed by atoms with Gasteiger partial charge in [-0.3, -0.25) is 5.32 Å². The van der Waals surface area contributed by atoms with E-state index in [1.807, 2.05) is 34.9 Å². The van der Waals surface area contributed by atoms with Gasteiger partial charge >= 0.3 is 0 Å². The molecule has 0 spiro atoms. The highest BCUT2D eigenvalue weighted by molar-refractivity contribution is 5.26. The van der Waals surface area contributed by atoms with E-state index in [0.29, 0.717) is 6.54 Å². The van der Waals surface area contributed by atoms with Crippen LogP contribution in [-0.2, 0) is 13.1 Å². The first-order chi connectivity index (χ1) is 10.4. The van der Waals surface area contributed by atoms with Crippen molar-refractivity contribution in [2.75, 3.05) is 0 Å². The van der Waals surface area contributed by atoms with E-state index in [0.717, 1.165) is 23.7 Å². The molecule has 0 aliphatic carbocycles. The highest BCUT2D eigenvalue weighted by Gasteiger charge is 2.17. The van der Waals surface area contributed by atoms with Gasteiger partial charge in [0.05, 0.1) is 18.8 Å². The minimum Gasteiger partial charge on any atom is -0.467 e. The summed E-state index contributed by atoms with van der Waals surface area (Å²) in [6, 6.07) is 14.1. The Bertz CT molecular complexity index is 661. The van der Waals surface area contributed by atoms with Crippen LogP contribution in [0.15, 0.2) is 59.5 Å². The Labute approximate surface area is 123 Å². The van der Waals surface area contributed by atoms with Gasteiger partial charge in [0.1, 0.15) is 17.9 Å². The second-order valence-corrected chi connectivity index (χ2v) is 4.77. The first kappa shape index (κ1) is 13.6. The topological polar surface area (TPSA) is 55.9 Å². The fourth-order valence-electron chi connectivity index (χ4n) is 2.36. The van der Waals surface area contributed by atoms with Crippen molar-refractivity contribution in [2.45, 2.75) is 26.1 Å². The van der Waals surface area contributed by atoms with Crippen molar-refractivity contribution in [3.8, 4) is 0 Å². The van der Waals surface area contributed by atoms with Crippen LogP contribution in [0.3, 0.4) is 0 Å². The van der Waals surface area contributed by atoms with Crippen molar-refractivity contribution >= 4 is 0 Å². The molecule has 0 amide bonds. The maximum absolute atomic E-state index is 5.57. The Kier molecular flexibility index (Phi) is 4.12. The van der Waals surface area contributed by atoms with E-state index in [1.165, 1.54) is 0 Å². The van der Waals surface area contributed by atoms with Gasteiger partial charge in [-0.2, -0.15) is 0 Å². The van der Waals surface area contributed by atoms with E-state index in [9.17, 15) is 0 Å². The van der Waals surface area contributed by atoms with Gasteiger partial charge in [-0.05, 0) is 24.6 Å². The summed E-state index contributed by atoms with van der Waals surface area (Å²) in [7, 11) is 0. The summed E-state index contributed by atoms with van der Waals surface area (Å²) in [5.41, 5.74) is 1.16. The fourth-order valence-corrected chi connectivity index (χ4v) is 2.36. The molecule has 2 aromatic heterocycles. The molecule has 3 aromatic rings. The molecular weight excluding hydrogens is 264 g/mol. The monoisotopic (exact) mass is 282 g/mol. The molecule has 0 saturated carbocycles. The zero-order valence-corrected chi connectivity index (χ0v) is 11.9. The lowest BCUT2D eigenvalue weighted by Gasteiger charge is -2.17. The van der Waals surface area contributed by atoms with E-state index in [1.54, 1.807) is 12.6 Å². The summed E-state index contributed by atoms with van der Waals surface area (Å²) in [5.74, 6) is 1.81. The molecule has 3 rings (SSSR count). The van der Waals surface area contributed by atoms with Crippen LogP contribution in [0.5, 0.6) is 0 Å². The minimum atomic E-state index is 0.00297. The van der Waals surface area contributed by atoms with Gasteiger partial charge in [-0.15, -0.1) is 10.2 Å². The van der Waals surface area contributed by atoms with Crippen LogP contribution in [-0.4, -0.2) is 14.8 Å². The van der Waals surface area contributed by atoms with Gasteiger partial charge in [-0.1, -0.05) is 30.3 Å². The molecule has 108 valence electrons. The first-order valence-corrected chi connectivity index (χ1v) is 7.07. The maximum Gasteiger partial charge on any atom is 0.146 e. The third-order valence-corrected chi connectivity index (χ3v) is 3.46.